The molecule has 0 radical (unpaired) electrons. The van der Waals surface area contributed by atoms with Crippen LogP contribution >= 0.6 is 0 Å². The van der Waals surface area contributed by atoms with Crippen LogP contribution in [0, 0.1) is 5.92 Å². The highest BCUT2D eigenvalue weighted by molar-refractivity contribution is 5.68. The van der Waals surface area contributed by atoms with Crippen molar-refractivity contribution in [3.8, 4) is 11.1 Å². The van der Waals surface area contributed by atoms with Gasteiger partial charge in [-0.3, -0.25) is 4.90 Å². The molecule has 2 bridgehead atoms. The Labute approximate surface area is 216 Å². The minimum Gasteiger partial charge on any atom is -0.308 e. The first-order chi connectivity index (χ1) is 17.8. The molecule has 3 fully saturated rings. The van der Waals surface area contributed by atoms with Gasteiger partial charge in [0.15, 0.2) is 0 Å². The van der Waals surface area contributed by atoms with Gasteiger partial charge >= 0.3 is 0 Å². The highest BCUT2D eigenvalue weighted by Gasteiger charge is 2.41. The normalized spacial score (nSPS) is 23.0. The highest BCUT2D eigenvalue weighted by Crippen LogP contribution is 2.35. The van der Waals surface area contributed by atoms with Crippen LogP contribution < -0.4 is 5.32 Å². The molecular weight excluding hydrogens is 436 g/mol. The third kappa shape index (κ3) is 5.16. The molecule has 0 aliphatic carbocycles. The second-order valence-electron chi connectivity index (χ2n) is 10.6. The molecule has 3 aliphatic rings. The number of fused-ring (bicyclic) bond motifs is 3. The predicted molar refractivity (Wildman–Crippen MR) is 150 cm³/mol. The van der Waals surface area contributed by atoms with Gasteiger partial charge in [-0.15, -0.1) is 0 Å². The molecule has 2 atom stereocenters. The van der Waals surface area contributed by atoms with E-state index in [4.69, 9.17) is 0 Å². The topological polar surface area (TPSA) is 15.3 Å². The first-order valence-electron chi connectivity index (χ1n) is 13.6. The van der Waals surface area contributed by atoms with Gasteiger partial charge in [0, 0.05) is 18.6 Å². The predicted octanol–water partition coefficient (Wildman–Crippen LogP) is 6.74. The molecule has 0 spiro atoms. The number of nitrogens with one attached hydrogen (secondary N) is 1. The zero-order valence-corrected chi connectivity index (χ0v) is 21.0. The Morgan fingerprint density at radius 3 is 2.00 bits per heavy atom. The van der Waals surface area contributed by atoms with Gasteiger partial charge in [-0.2, -0.15) is 0 Å². The van der Waals surface area contributed by atoms with Gasteiger partial charge in [-0.1, -0.05) is 109 Å². The molecule has 2 unspecified atom stereocenters. The summed E-state index contributed by atoms with van der Waals surface area (Å²) in [6.07, 6.45) is 4.75. The molecule has 36 heavy (non-hydrogen) atoms. The number of hydrogen-bond donors (Lipinski definition) is 1. The van der Waals surface area contributed by atoms with Crippen molar-refractivity contribution < 1.29 is 0 Å². The van der Waals surface area contributed by atoms with Crippen molar-refractivity contribution in [2.45, 2.75) is 44.3 Å². The largest absolute Gasteiger partial charge is 0.308 e. The van der Waals surface area contributed by atoms with Crippen LogP contribution in [0.2, 0.25) is 0 Å². The zero-order valence-electron chi connectivity index (χ0n) is 21.0. The van der Waals surface area contributed by atoms with Crippen LogP contribution in [0.25, 0.3) is 11.1 Å². The minimum absolute atomic E-state index is 0.569. The summed E-state index contributed by atoms with van der Waals surface area (Å²) in [6.45, 7) is 3.47. The van der Waals surface area contributed by atoms with Crippen LogP contribution in [0.3, 0.4) is 0 Å². The molecule has 7 rings (SSSR count). The van der Waals surface area contributed by atoms with E-state index >= 15 is 0 Å². The van der Waals surface area contributed by atoms with Crippen molar-refractivity contribution in [1.82, 2.24) is 10.2 Å². The van der Waals surface area contributed by atoms with Crippen LogP contribution in [-0.4, -0.2) is 30.1 Å². The first kappa shape index (κ1) is 23.2. The van der Waals surface area contributed by atoms with Gasteiger partial charge in [0.1, 0.15) is 0 Å². The van der Waals surface area contributed by atoms with Gasteiger partial charge in [0.25, 0.3) is 0 Å². The van der Waals surface area contributed by atoms with Gasteiger partial charge in [0.05, 0.1) is 0 Å². The Morgan fingerprint density at radius 2 is 1.28 bits per heavy atom. The zero-order chi connectivity index (χ0) is 24.2. The molecule has 0 aromatic heterocycles. The molecule has 3 aliphatic heterocycles. The fourth-order valence-electron chi connectivity index (χ4n) is 6.38. The van der Waals surface area contributed by atoms with E-state index in [0.717, 1.165) is 25.3 Å². The molecule has 2 heteroatoms. The summed E-state index contributed by atoms with van der Waals surface area (Å²) in [6, 6.07) is 41.0. The molecule has 182 valence electrons. The second-order valence-corrected chi connectivity index (χ2v) is 10.6. The Kier molecular flexibility index (Phi) is 6.98. The smallest absolute Gasteiger partial charge is 0.0292 e. The number of benzene rings is 4. The summed E-state index contributed by atoms with van der Waals surface area (Å²) in [7, 11) is 0. The molecule has 2 nitrogen and oxygen atoms in total. The van der Waals surface area contributed by atoms with Crippen molar-refractivity contribution in [2.24, 2.45) is 5.92 Å². The fraction of sp³-hybridized carbons (Fsp3) is 0.294. The fourth-order valence-corrected chi connectivity index (χ4v) is 6.38. The lowest BCUT2D eigenvalue weighted by molar-refractivity contribution is 0.0127. The molecule has 4 aromatic carbocycles. The van der Waals surface area contributed by atoms with Crippen LogP contribution in [0.5, 0.6) is 0 Å². The summed E-state index contributed by atoms with van der Waals surface area (Å²) in [5.41, 5.74) is 8.23. The van der Waals surface area contributed by atoms with E-state index in [-0.39, 0.29) is 0 Å². The van der Waals surface area contributed by atoms with Gasteiger partial charge in [-0.05, 0) is 78.1 Å². The second kappa shape index (κ2) is 10.8. The van der Waals surface area contributed by atoms with E-state index < -0.39 is 0 Å². The Morgan fingerprint density at radius 1 is 0.639 bits per heavy atom. The molecular formula is C34H36N2. The van der Waals surface area contributed by atoms with E-state index in [9.17, 15) is 0 Å². The van der Waals surface area contributed by atoms with E-state index in [1.807, 2.05) is 0 Å². The highest BCUT2D eigenvalue weighted by atomic mass is 15.2. The summed E-state index contributed by atoms with van der Waals surface area (Å²) in [5.74, 6) is 0.799. The third-order valence-corrected chi connectivity index (χ3v) is 8.31. The molecule has 3 saturated heterocycles. The van der Waals surface area contributed by atoms with Crippen molar-refractivity contribution in [2.75, 3.05) is 13.1 Å². The average molecular weight is 473 g/mol. The van der Waals surface area contributed by atoms with Gasteiger partial charge < -0.3 is 5.32 Å². The summed E-state index contributed by atoms with van der Waals surface area (Å²) < 4.78 is 0. The standard InChI is InChI=1S/C34H36N2/c1-3-9-26(10-4-1)23-31-13-7-8-14-32(31)29-17-15-27(16-18-29)24-33-34(30-19-21-36(33)22-20-30)35-25-28-11-5-2-6-12-28/h1-18,30,33-35H,19-25H2. The third-order valence-electron chi connectivity index (χ3n) is 8.31. The number of piperidine rings is 3. The monoisotopic (exact) mass is 472 g/mol. The quantitative estimate of drug-likeness (QED) is 0.305. The molecule has 1 N–H and O–H groups in total. The van der Waals surface area contributed by atoms with E-state index in [2.05, 4.69) is 119 Å². The lowest BCUT2D eigenvalue weighted by Crippen LogP contribution is -2.63. The number of rotatable bonds is 8. The molecule has 4 aromatic rings. The summed E-state index contributed by atoms with van der Waals surface area (Å²) >= 11 is 0. The van der Waals surface area contributed by atoms with Gasteiger partial charge in [-0.25, -0.2) is 0 Å². The average Bonchev–Trinajstić information content (AvgIpc) is 2.95. The summed E-state index contributed by atoms with van der Waals surface area (Å²) in [4.78, 5) is 2.74. The minimum atomic E-state index is 0.569. The van der Waals surface area contributed by atoms with Crippen LogP contribution in [0.1, 0.15) is 35.1 Å². The molecule has 0 saturated carbocycles. The Balaban J connectivity index is 1.18. The number of nitrogens with zero attached hydrogens (tertiary/aromatic N) is 1. The maximum absolute atomic E-state index is 3.97. The maximum atomic E-state index is 3.97. The van der Waals surface area contributed by atoms with E-state index in [1.54, 1.807) is 0 Å². The van der Waals surface area contributed by atoms with Crippen molar-refractivity contribution >= 4 is 0 Å². The number of hydrogen-bond acceptors (Lipinski definition) is 2. The van der Waals surface area contributed by atoms with E-state index in [1.165, 1.54) is 59.3 Å². The lowest BCUT2D eigenvalue weighted by Gasteiger charge is -2.51. The van der Waals surface area contributed by atoms with E-state index in [0.29, 0.717) is 12.1 Å². The molecule has 0 amide bonds. The first-order valence-corrected chi connectivity index (χ1v) is 13.6. The maximum Gasteiger partial charge on any atom is 0.0292 e. The van der Waals surface area contributed by atoms with Crippen LogP contribution in [-0.2, 0) is 19.4 Å². The van der Waals surface area contributed by atoms with Crippen molar-refractivity contribution in [1.29, 1.82) is 0 Å². The molecule has 3 heterocycles. The van der Waals surface area contributed by atoms with Crippen LogP contribution in [0.15, 0.2) is 109 Å². The Bertz CT molecular complexity index is 1240. The Hall–Kier alpha value is -3.20. The van der Waals surface area contributed by atoms with Crippen molar-refractivity contribution in [3.05, 3.63) is 131 Å². The van der Waals surface area contributed by atoms with Crippen LogP contribution in [0.4, 0.5) is 0 Å². The summed E-state index contributed by atoms with van der Waals surface area (Å²) in [5, 5.41) is 3.97. The SMILES string of the molecule is c1ccc(CNC2C3CCN(CC3)C2Cc2ccc(-c3ccccc3Cc3ccccc3)cc2)cc1. The lowest BCUT2D eigenvalue weighted by atomic mass is 9.76. The van der Waals surface area contributed by atoms with Gasteiger partial charge in [0.2, 0.25) is 0 Å². The van der Waals surface area contributed by atoms with Crippen molar-refractivity contribution in [3.63, 3.8) is 0 Å².